The van der Waals surface area contributed by atoms with Crippen molar-refractivity contribution in [2.45, 2.75) is 6.92 Å². The fourth-order valence-corrected chi connectivity index (χ4v) is 3.56. The van der Waals surface area contributed by atoms with E-state index in [1.165, 1.54) is 0 Å². The fourth-order valence-electron chi connectivity index (χ4n) is 3.30. The first kappa shape index (κ1) is 26.4. The molecule has 0 aliphatic carbocycles. The van der Waals surface area contributed by atoms with Gasteiger partial charge < -0.3 is 19.9 Å². The zero-order valence-corrected chi connectivity index (χ0v) is 20.7. The van der Waals surface area contributed by atoms with Crippen molar-refractivity contribution in [2.24, 2.45) is 4.99 Å². The van der Waals surface area contributed by atoms with Gasteiger partial charge in [-0.05, 0) is 61.7 Å². The number of hydrogen-bond acceptors (Lipinski definition) is 7. The van der Waals surface area contributed by atoms with Crippen LogP contribution < -0.4 is 14.8 Å². The Kier molecular flexibility index (Phi) is 9.56. The molecule has 8 heteroatoms. The Morgan fingerprint density at radius 3 is 2.47 bits per heavy atom. The number of aliphatic hydroxyl groups excluding tert-OH is 1. The largest absolute Gasteiger partial charge is 0.473 e. The van der Waals surface area contributed by atoms with Gasteiger partial charge in [-0.25, -0.2) is 9.98 Å². The van der Waals surface area contributed by atoms with Gasteiger partial charge in [-0.3, -0.25) is 4.79 Å². The molecular formula is C28H26ClN3O4. The second kappa shape index (κ2) is 13.0. The predicted molar refractivity (Wildman–Crippen MR) is 144 cm³/mol. The lowest BCUT2D eigenvalue weighted by atomic mass is 10.1. The summed E-state index contributed by atoms with van der Waals surface area (Å²) in [6.45, 7) is 5.62. The van der Waals surface area contributed by atoms with Crippen LogP contribution in [-0.4, -0.2) is 36.9 Å². The topological polar surface area (TPSA) is 93.0 Å². The molecule has 4 aromatic rings. The molecule has 184 valence electrons. The lowest BCUT2D eigenvalue weighted by Crippen LogP contribution is -2.10. The van der Waals surface area contributed by atoms with Crippen molar-refractivity contribution in [3.05, 3.63) is 95.0 Å². The molecule has 1 heterocycles. The van der Waals surface area contributed by atoms with Gasteiger partial charge in [-0.1, -0.05) is 48.0 Å². The maximum atomic E-state index is 11.1. The molecule has 0 aliphatic heterocycles. The Balaban J connectivity index is 0.00000176. The van der Waals surface area contributed by atoms with E-state index in [0.717, 1.165) is 30.3 Å². The highest BCUT2D eigenvalue weighted by molar-refractivity contribution is 6.33. The van der Waals surface area contributed by atoms with E-state index in [-0.39, 0.29) is 6.73 Å². The number of carbonyl (C=O) groups excluding carboxylic acids is 1. The first-order valence-corrected chi connectivity index (χ1v) is 11.3. The van der Waals surface area contributed by atoms with Crippen LogP contribution in [0.15, 0.2) is 83.9 Å². The molecular weight excluding hydrogens is 478 g/mol. The van der Waals surface area contributed by atoms with Crippen LogP contribution in [-0.2, 0) is 0 Å². The third-order valence-electron chi connectivity index (χ3n) is 5.07. The Hall–Kier alpha value is -4.20. The molecule has 3 aromatic carbocycles. The minimum absolute atomic E-state index is 0.127. The van der Waals surface area contributed by atoms with Gasteiger partial charge in [0.15, 0.2) is 12.5 Å². The van der Waals surface area contributed by atoms with Crippen LogP contribution in [0.25, 0.3) is 11.3 Å². The molecule has 0 saturated carbocycles. The lowest BCUT2D eigenvalue weighted by Gasteiger charge is -2.14. The Morgan fingerprint density at radius 2 is 1.75 bits per heavy atom. The molecule has 4 rings (SSSR count). The monoisotopic (exact) mass is 503 g/mol. The normalized spacial score (nSPS) is 10.0. The number of aliphatic hydroxyl groups is 1. The highest BCUT2D eigenvalue weighted by atomic mass is 35.5. The zero-order chi connectivity index (χ0) is 25.9. The van der Waals surface area contributed by atoms with E-state index in [4.69, 9.17) is 26.2 Å². The van der Waals surface area contributed by atoms with Gasteiger partial charge in [0.05, 0.1) is 16.4 Å². The van der Waals surface area contributed by atoms with Crippen LogP contribution in [0.2, 0.25) is 5.02 Å². The maximum Gasteiger partial charge on any atom is 0.175 e. The molecule has 0 atom stereocenters. The van der Waals surface area contributed by atoms with Crippen LogP contribution >= 0.6 is 11.6 Å². The highest BCUT2D eigenvalue weighted by Crippen LogP contribution is 2.35. The van der Waals surface area contributed by atoms with Crippen LogP contribution in [0.4, 0.5) is 11.5 Å². The molecule has 0 saturated heterocycles. The number of anilines is 1. The van der Waals surface area contributed by atoms with E-state index in [0.29, 0.717) is 39.3 Å². The van der Waals surface area contributed by atoms with Crippen molar-refractivity contribution >= 4 is 36.1 Å². The third kappa shape index (κ3) is 6.69. The van der Waals surface area contributed by atoms with Gasteiger partial charge in [0.25, 0.3) is 0 Å². The summed E-state index contributed by atoms with van der Waals surface area (Å²) in [5.41, 5.74) is 3.38. The third-order valence-corrected chi connectivity index (χ3v) is 5.36. The van der Waals surface area contributed by atoms with E-state index in [1.54, 1.807) is 18.2 Å². The van der Waals surface area contributed by atoms with Crippen molar-refractivity contribution in [3.8, 4) is 28.5 Å². The van der Waals surface area contributed by atoms with Crippen molar-refractivity contribution in [2.75, 3.05) is 19.2 Å². The summed E-state index contributed by atoms with van der Waals surface area (Å²) in [7, 11) is 1.00. The van der Waals surface area contributed by atoms with Crippen LogP contribution in [0.1, 0.15) is 15.9 Å². The average molecular weight is 504 g/mol. The highest BCUT2D eigenvalue weighted by Gasteiger charge is 2.13. The summed E-state index contributed by atoms with van der Waals surface area (Å²) >= 11 is 6.57. The van der Waals surface area contributed by atoms with Crippen LogP contribution in [0, 0.1) is 6.92 Å². The predicted octanol–water partition coefficient (Wildman–Crippen LogP) is 6.70. The number of carbonyl (C=O) groups is 1. The Morgan fingerprint density at radius 1 is 1.00 bits per heavy atom. The van der Waals surface area contributed by atoms with Crippen molar-refractivity contribution in [1.29, 1.82) is 0 Å². The molecule has 0 fully saturated rings. The number of aryl methyl sites for hydroxylation is 1. The number of hydrogen-bond donors (Lipinski definition) is 2. The molecule has 0 amide bonds. The van der Waals surface area contributed by atoms with Crippen molar-refractivity contribution < 1.29 is 19.4 Å². The number of ether oxygens (including phenoxy) is 2. The number of para-hydroxylation sites is 1. The fraction of sp³-hybridized carbons (Fsp3) is 0.107. The van der Waals surface area contributed by atoms with Gasteiger partial charge >= 0.3 is 0 Å². The zero-order valence-electron chi connectivity index (χ0n) is 19.9. The molecule has 36 heavy (non-hydrogen) atoms. The summed E-state index contributed by atoms with van der Waals surface area (Å²) in [5.74, 6) is 2.35. The minimum atomic E-state index is 0.127. The number of aliphatic imine (C=N–C) groups is 1. The van der Waals surface area contributed by atoms with Gasteiger partial charge in [-0.2, -0.15) is 0 Å². The van der Waals surface area contributed by atoms with Crippen LogP contribution in [0.5, 0.6) is 17.2 Å². The van der Waals surface area contributed by atoms with Gasteiger partial charge in [0.2, 0.25) is 0 Å². The standard InChI is InChI=1S/C27H22ClN3O3.CH4O/c1-18-11-12-22(14-20(18)16-32)33-17-30-25-15-24(28)26(31-27(25)29-2)19-7-6-10-23(13-19)34-21-8-4-3-5-9-21;1-2/h3-16,30H,2,17H2,1H3;2H,1H3. The van der Waals surface area contributed by atoms with Gasteiger partial charge in [-0.15, -0.1) is 0 Å². The van der Waals surface area contributed by atoms with E-state index >= 15 is 0 Å². The average Bonchev–Trinajstić information content (AvgIpc) is 2.91. The molecule has 0 bridgehead atoms. The maximum absolute atomic E-state index is 11.1. The second-order valence-corrected chi connectivity index (χ2v) is 7.80. The number of rotatable bonds is 9. The number of aldehydes is 1. The molecule has 0 aliphatic rings. The minimum Gasteiger partial charge on any atom is -0.473 e. The van der Waals surface area contributed by atoms with E-state index in [1.807, 2.05) is 67.6 Å². The Labute approximate surface area is 215 Å². The number of nitrogens with zero attached hydrogens (tertiary/aromatic N) is 2. The lowest BCUT2D eigenvalue weighted by molar-refractivity contribution is 0.112. The van der Waals surface area contributed by atoms with E-state index in [2.05, 4.69) is 22.0 Å². The van der Waals surface area contributed by atoms with Crippen LogP contribution in [0.3, 0.4) is 0 Å². The summed E-state index contributed by atoms with van der Waals surface area (Å²) in [6.07, 6.45) is 0.803. The summed E-state index contributed by atoms with van der Waals surface area (Å²) in [5, 5.41) is 10.5. The first-order chi connectivity index (χ1) is 17.6. The quantitative estimate of drug-likeness (QED) is 0.150. The molecule has 0 spiro atoms. The SMILES string of the molecule is C=Nc1nc(-c2cccc(Oc3ccccc3)c2)c(Cl)cc1NCOc1ccc(C)c(C=O)c1.CO. The molecule has 1 aromatic heterocycles. The van der Waals surface area contributed by atoms with Gasteiger partial charge in [0.1, 0.15) is 23.5 Å². The molecule has 7 nitrogen and oxygen atoms in total. The summed E-state index contributed by atoms with van der Waals surface area (Å²) < 4.78 is 11.6. The van der Waals surface area contributed by atoms with Crippen molar-refractivity contribution in [3.63, 3.8) is 0 Å². The number of aromatic nitrogens is 1. The smallest absolute Gasteiger partial charge is 0.175 e. The van der Waals surface area contributed by atoms with Crippen molar-refractivity contribution in [1.82, 2.24) is 4.98 Å². The second-order valence-electron chi connectivity index (χ2n) is 7.39. The summed E-state index contributed by atoms with van der Waals surface area (Å²) in [4.78, 5) is 19.8. The number of nitrogens with one attached hydrogen (secondary N) is 1. The molecule has 0 unspecified atom stereocenters. The molecule has 2 N–H and O–H groups in total. The van der Waals surface area contributed by atoms with Gasteiger partial charge in [0, 0.05) is 18.2 Å². The summed E-state index contributed by atoms with van der Waals surface area (Å²) in [6, 6.07) is 24.1. The number of pyridine rings is 1. The molecule has 0 radical (unpaired) electrons. The van der Waals surface area contributed by atoms with E-state index in [9.17, 15) is 4.79 Å². The Bertz CT molecular complexity index is 1330. The number of halogens is 1. The number of benzene rings is 3. The van der Waals surface area contributed by atoms with E-state index < -0.39 is 0 Å². The first-order valence-electron chi connectivity index (χ1n) is 10.9.